The molecule has 128 valence electrons. The first-order valence-electron chi connectivity index (χ1n) is 8.02. The summed E-state index contributed by atoms with van der Waals surface area (Å²) in [5.74, 6) is 0.742. The summed E-state index contributed by atoms with van der Waals surface area (Å²) in [5, 5.41) is 6.52. The molecule has 1 atom stereocenters. The number of carbonyl (C=O) groups is 1. The van der Waals surface area contributed by atoms with Crippen LogP contribution < -0.4 is 10.2 Å². The summed E-state index contributed by atoms with van der Waals surface area (Å²) in [5.41, 5.74) is 0.618. The Kier molecular flexibility index (Phi) is 4.80. The first-order chi connectivity index (χ1) is 11.5. The van der Waals surface area contributed by atoms with Gasteiger partial charge in [0.2, 0.25) is 5.91 Å². The minimum atomic E-state index is -0.287. The van der Waals surface area contributed by atoms with Gasteiger partial charge in [0.05, 0.1) is 11.7 Å². The number of anilines is 2. The Morgan fingerprint density at radius 2 is 2.00 bits per heavy atom. The van der Waals surface area contributed by atoms with E-state index in [1.807, 2.05) is 17.9 Å². The van der Waals surface area contributed by atoms with Gasteiger partial charge in [0, 0.05) is 32.2 Å². The van der Waals surface area contributed by atoms with Crippen LogP contribution in [0.25, 0.3) is 0 Å². The molecular formula is C17H21FN4O2. The third-order valence-electron chi connectivity index (χ3n) is 4.31. The second-order valence-corrected chi connectivity index (χ2v) is 5.96. The minimum absolute atomic E-state index is 0.123. The first-order valence-corrected chi connectivity index (χ1v) is 8.02. The quantitative estimate of drug-likeness (QED) is 0.931. The van der Waals surface area contributed by atoms with E-state index in [-0.39, 0.29) is 17.8 Å². The van der Waals surface area contributed by atoms with E-state index in [1.165, 1.54) is 6.07 Å². The molecule has 0 radical (unpaired) electrons. The number of benzene rings is 1. The number of rotatable bonds is 4. The van der Waals surface area contributed by atoms with Crippen molar-refractivity contribution < 1.29 is 13.7 Å². The molecule has 0 unspecified atom stereocenters. The maximum absolute atomic E-state index is 13.9. The highest BCUT2D eigenvalue weighted by Crippen LogP contribution is 2.21. The van der Waals surface area contributed by atoms with Crippen LogP contribution in [0.1, 0.15) is 12.7 Å². The average molecular weight is 332 g/mol. The van der Waals surface area contributed by atoms with Crippen molar-refractivity contribution in [2.75, 3.05) is 36.4 Å². The lowest BCUT2D eigenvalue weighted by molar-refractivity contribution is -0.120. The molecule has 7 heteroatoms. The van der Waals surface area contributed by atoms with Crippen LogP contribution in [0.5, 0.6) is 0 Å². The van der Waals surface area contributed by atoms with E-state index in [0.717, 1.165) is 0 Å². The predicted octanol–water partition coefficient (Wildman–Crippen LogP) is 2.27. The van der Waals surface area contributed by atoms with Gasteiger partial charge in [-0.05, 0) is 26.0 Å². The van der Waals surface area contributed by atoms with E-state index < -0.39 is 0 Å². The molecule has 0 saturated carbocycles. The van der Waals surface area contributed by atoms with Crippen LogP contribution >= 0.6 is 0 Å². The van der Waals surface area contributed by atoms with E-state index in [4.69, 9.17) is 4.52 Å². The molecule has 1 aromatic carbocycles. The van der Waals surface area contributed by atoms with Gasteiger partial charge in [-0.1, -0.05) is 17.3 Å². The molecule has 1 saturated heterocycles. The Balaban J connectivity index is 1.56. The maximum Gasteiger partial charge on any atom is 0.242 e. The number of hydrogen-bond acceptors (Lipinski definition) is 5. The van der Waals surface area contributed by atoms with E-state index in [1.54, 1.807) is 25.1 Å². The molecule has 1 N–H and O–H groups in total. The highest BCUT2D eigenvalue weighted by molar-refractivity contribution is 5.93. The number of para-hydroxylation sites is 1. The minimum Gasteiger partial charge on any atom is -0.367 e. The molecule has 1 amide bonds. The number of aromatic nitrogens is 1. The summed E-state index contributed by atoms with van der Waals surface area (Å²) in [6, 6.07) is 8.17. The summed E-state index contributed by atoms with van der Waals surface area (Å²) in [7, 11) is 0. The van der Waals surface area contributed by atoms with Crippen molar-refractivity contribution in [1.29, 1.82) is 0 Å². The van der Waals surface area contributed by atoms with Crippen molar-refractivity contribution in [3.63, 3.8) is 0 Å². The van der Waals surface area contributed by atoms with Gasteiger partial charge in [-0.3, -0.25) is 9.69 Å². The number of hydrogen-bond donors (Lipinski definition) is 1. The maximum atomic E-state index is 13.9. The van der Waals surface area contributed by atoms with Gasteiger partial charge in [-0.15, -0.1) is 0 Å². The van der Waals surface area contributed by atoms with E-state index in [2.05, 4.69) is 15.4 Å². The molecule has 2 aromatic rings. The smallest absolute Gasteiger partial charge is 0.242 e. The number of nitrogens with zero attached hydrogens (tertiary/aromatic N) is 3. The highest BCUT2D eigenvalue weighted by Gasteiger charge is 2.26. The van der Waals surface area contributed by atoms with Gasteiger partial charge in [-0.2, -0.15) is 0 Å². The van der Waals surface area contributed by atoms with Gasteiger partial charge in [0.25, 0.3) is 0 Å². The summed E-state index contributed by atoms with van der Waals surface area (Å²) >= 11 is 0. The predicted molar refractivity (Wildman–Crippen MR) is 89.5 cm³/mol. The van der Waals surface area contributed by atoms with Gasteiger partial charge in [0.15, 0.2) is 5.82 Å². The third kappa shape index (κ3) is 3.56. The first kappa shape index (κ1) is 16.4. The monoisotopic (exact) mass is 332 g/mol. The van der Waals surface area contributed by atoms with Gasteiger partial charge >= 0.3 is 0 Å². The molecule has 0 spiro atoms. The summed E-state index contributed by atoms with van der Waals surface area (Å²) in [6.07, 6.45) is 0. The second kappa shape index (κ2) is 7.00. The molecule has 0 aliphatic carbocycles. The van der Waals surface area contributed by atoms with Crippen LogP contribution in [-0.4, -0.2) is 48.2 Å². The second-order valence-electron chi connectivity index (χ2n) is 5.96. The van der Waals surface area contributed by atoms with Crippen LogP contribution in [-0.2, 0) is 4.79 Å². The van der Waals surface area contributed by atoms with Crippen molar-refractivity contribution in [1.82, 2.24) is 10.1 Å². The van der Waals surface area contributed by atoms with Crippen LogP contribution in [0.15, 0.2) is 34.9 Å². The van der Waals surface area contributed by atoms with Gasteiger partial charge in [-0.25, -0.2) is 4.39 Å². The Hall–Kier alpha value is -2.41. The zero-order valence-electron chi connectivity index (χ0n) is 13.8. The van der Waals surface area contributed by atoms with Crippen molar-refractivity contribution in [3.05, 3.63) is 41.9 Å². The largest absolute Gasteiger partial charge is 0.367 e. The fourth-order valence-corrected chi connectivity index (χ4v) is 2.88. The Morgan fingerprint density at radius 3 is 2.62 bits per heavy atom. The lowest BCUT2D eigenvalue weighted by atomic mass is 10.2. The SMILES string of the molecule is Cc1cc(NC(=O)[C@@H](C)N2CCN(c3ccccc3F)CC2)no1. The highest BCUT2D eigenvalue weighted by atomic mass is 19.1. The molecular weight excluding hydrogens is 311 g/mol. The van der Waals surface area contributed by atoms with E-state index in [0.29, 0.717) is 43.4 Å². The molecule has 1 aromatic heterocycles. The van der Waals surface area contributed by atoms with Crippen molar-refractivity contribution in [2.45, 2.75) is 19.9 Å². The van der Waals surface area contributed by atoms with Gasteiger partial charge < -0.3 is 14.7 Å². The number of aryl methyl sites for hydroxylation is 1. The number of halogens is 1. The summed E-state index contributed by atoms with van der Waals surface area (Å²) < 4.78 is 18.8. The van der Waals surface area contributed by atoms with Crippen LogP contribution in [0.3, 0.4) is 0 Å². The van der Waals surface area contributed by atoms with Crippen molar-refractivity contribution in [2.24, 2.45) is 0 Å². The fourth-order valence-electron chi connectivity index (χ4n) is 2.88. The zero-order chi connectivity index (χ0) is 17.1. The number of carbonyl (C=O) groups excluding carboxylic acids is 1. The van der Waals surface area contributed by atoms with Crippen molar-refractivity contribution >= 4 is 17.4 Å². The van der Waals surface area contributed by atoms with Gasteiger partial charge in [0.1, 0.15) is 11.6 Å². The lowest BCUT2D eigenvalue weighted by Crippen LogP contribution is -2.53. The molecule has 6 nitrogen and oxygen atoms in total. The van der Waals surface area contributed by atoms with Crippen LogP contribution in [0, 0.1) is 12.7 Å². The van der Waals surface area contributed by atoms with E-state index in [9.17, 15) is 9.18 Å². The van der Waals surface area contributed by atoms with E-state index >= 15 is 0 Å². The Labute approximate surface area is 140 Å². The summed E-state index contributed by atoms with van der Waals surface area (Å²) in [6.45, 7) is 6.39. The Morgan fingerprint density at radius 1 is 1.29 bits per heavy atom. The van der Waals surface area contributed by atoms with Crippen LogP contribution in [0.4, 0.5) is 15.9 Å². The number of nitrogens with one attached hydrogen (secondary N) is 1. The fraction of sp³-hybridized carbons (Fsp3) is 0.412. The Bertz CT molecular complexity index is 710. The summed E-state index contributed by atoms with van der Waals surface area (Å²) in [4.78, 5) is 16.4. The third-order valence-corrected chi connectivity index (χ3v) is 4.31. The normalized spacial score (nSPS) is 16.9. The molecule has 0 bridgehead atoms. The zero-order valence-corrected chi connectivity index (χ0v) is 13.8. The lowest BCUT2D eigenvalue weighted by Gasteiger charge is -2.38. The molecule has 1 aliphatic rings. The van der Waals surface area contributed by atoms with Crippen LogP contribution in [0.2, 0.25) is 0 Å². The topological polar surface area (TPSA) is 61.6 Å². The number of amides is 1. The van der Waals surface area contributed by atoms with Crippen molar-refractivity contribution in [3.8, 4) is 0 Å². The molecule has 2 heterocycles. The molecule has 3 rings (SSSR count). The average Bonchev–Trinajstić information content (AvgIpc) is 2.99. The number of piperazine rings is 1. The molecule has 24 heavy (non-hydrogen) atoms. The standard InChI is InChI=1S/C17H21FN4O2/c1-12-11-16(20-24-12)19-17(23)13(2)21-7-9-22(10-8-21)15-6-4-3-5-14(15)18/h3-6,11,13H,7-10H2,1-2H3,(H,19,20,23)/t13-/m1/s1. The molecule has 1 fully saturated rings. The molecule has 1 aliphatic heterocycles.